The molecule has 0 bridgehead atoms. The largest absolute Gasteiger partial charge is 0.502 e. The number of rotatable bonds is 26. The highest BCUT2D eigenvalue weighted by Gasteiger charge is 2.28. The molecule has 0 aromatic heterocycles. The molecule has 2 aromatic rings. The lowest BCUT2D eigenvalue weighted by Crippen LogP contribution is -2.08. The highest BCUT2D eigenvalue weighted by Crippen LogP contribution is 2.55. The van der Waals surface area contributed by atoms with Crippen LogP contribution in [0.2, 0.25) is 0 Å². The van der Waals surface area contributed by atoms with E-state index in [1.807, 2.05) is 0 Å². The van der Waals surface area contributed by atoms with Crippen LogP contribution in [0.3, 0.4) is 0 Å². The molecule has 0 amide bonds. The van der Waals surface area contributed by atoms with Crippen molar-refractivity contribution in [3.63, 3.8) is 0 Å². The van der Waals surface area contributed by atoms with Crippen LogP contribution < -0.4 is 33.2 Å². The summed E-state index contributed by atoms with van der Waals surface area (Å²) < 4.78 is 43.3. The first-order valence-electron chi connectivity index (χ1n) is 17.2. The van der Waals surface area contributed by atoms with Gasteiger partial charge in [0.15, 0.2) is 23.0 Å². The van der Waals surface area contributed by atoms with Crippen molar-refractivity contribution in [3.8, 4) is 57.5 Å². The van der Waals surface area contributed by atoms with E-state index >= 15 is 0 Å². The summed E-state index contributed by atoms with van der Waals surface area (Å²) in [5.74, 6) is 1.68. The molecule has 9 heteroatoms. The van der Waals surface area contributed by atoms with Gasteiger partial charge in [-0.2, -0.15) is 0 Å². The second kappa shape index (κ2) is 22.2. The van der Waals surface area contributed by atoms with Crippen molar-refractivity contribution in [1.29, 1.82) is 0 Å². The number of hydrogen-bond donors (Lipinski definition) is 2. The lowest BCUT2D eigenvalue weighted by atomic mass is 10.2. The van der Waals surface area contributed by atoms with Crippen LogP contribution in [0.1, 0.15) is 119 Å². The van der Waals surface area contributed by atoms with Crippen molar-refractivity contribution in [2.75, 3.05) is 39.6 Å². The number of aromatic hydroxyl groups is 2. The van der Waals surface area contributed by atoms with Crippen LogP contribution in [-0.2, 0) is 0 Å². The van der Waals surface area contributed by atoms with Crippen molar-refractivity contribution in [2.45, 2.75) is 119 Å². The zero-order valence-corrected chi connectivity index (χ0v) is 28.6. The molecule has 0 radical (unpaired) electrons. The topological polar surface area (TPSA) is 105 Å². The van der Waals surface area contributed by atoms with E-state index in [2.05, 4.69) is 41.5 Å². The number of phenols is 2. The second-order valence-electron chi connectivity index (χ2n) is 11.1. The quantitative estimate of drug-likeness (QED) is 0.0978. The van der Waals surface area contributed by atoms with Crippen molar-refractivity contribution in [2.24, 2.45) is 0 Å². The monoisotopic (exact) mass is 634 g/mol. The van der Waals surface area contributed by atoms with Gasteiger partial charge in [0.2, 0.25) is 34.5 Å². The van der Waals surface area contributed by atoms with Crippen LogP contribution in [0.5, 0.6) is 57.5 Å². The minimum atomic E-state index is -0.127. The lowest BCUT2D eigenvalue weighted by Gasteiger charge is -2.23. The van der Waals surface area contributed by atoms with Gasteiger partial charge >= 0.3 is 0 Å². The summed E-state index contributed by atoms with van der Waals surface area (Å²) in [5, 5.41) is 22.6. The molecule has 0 aliphatic heterocycles. The molecule has 9 nitrogen and oxygen atoms in total. The fraction of sp³-hybridized carbons (Fsp3) is 0.667. The van der Waals surface area contributed by atoms with Gasteiger partial charge in [-0.05, 0) is 38.5 Å². The summed E-state index contributed by atoms with van der Waals surface area (Å²) in [4.78, 5) is 0. The second-order valence-corrected chi connectivity index (χ2v) is 11.1. The maximum atomic E-state index is 11.3. The summed E-state index contributed by atoms with van der Waals surface area (Å²) in [5.41, 5.74) is 0. The van der Waals surface area contributed by atoms with Crippen LogP contribution in [0.4, 0.5) is 0 Å². The zero-order chi connectivity index (χ0) is 32.9. The van der Waals surface area contributed by atoms with Gasteiger partial charge in [-0.25, -0.2) is 0 Å². The minimum Gasteiger partial charge on any atom is -0.502 e. The maximum Gasteiger partial charge on any atom is 0.211 e. The third-order valence-corrected chi connectivity index (χ3v) is 6.99. The van der Waals surface area contributed by atoms with Gasteiger partial charge in [-0.3, -0.25) is 0 Å². The zero-order valence-electron chi connectivity index (χ0n) is 28.6. The molecule has 2 aromatic carbocycles. The molecule has 0 spiro atoms. The van der Waals surface area contributed by atoms with Crippen LogP contribution in [0.15, 0.2) is 12.1 Å². The molecule has 0 saturated carbocycles. The maximum absolute atomic E-state index is 11.3. The number of hydrogen-bond acceptors (Lipinski definition) is 9. The molecule has 0 unspecified atom stereocenters. The van der Waals surface area contributed by atoms with Gasteiger partial charge in [0.1, 0.15) is 0 Å². The molecule has 0 heterocycles. The van der Waals surface area contributed by atoms with Crippen LogP contribution in [0, 0.1) is 0 Å². The Labute approximate surface area is 271 Å². The van der Waals surface area contributed by atoms with E-state index in [9.17, 15) is 10.2 Å². The Bertz CT molecular complexity index is 1020. The predicted octanol–water partition coefficient (Wildman–Crippen LogP) is 9.96. The van der Waals surface area contributed by atoms with E-state index in [1.54, 1.807) is 12.1 Å². The summed E-state index contributed by atoms with van der Waals surface area (Å²) in [6, 6.07) is 3.24. The smallest absolute Gasteiger partial charge is 0.211 e. The third-order valence-electron chi connectivity index (χ3n) is 6.99. The van der Waals surface area contributed by atoms with E-state index in [1.165, 1.54) is 0 Å². The van der Waals surface area contributed by atoms with Gasteiger partial charge in [0.25, 0.3) is 0 Å². The predicted molar refractivity (Wildman–Crippen MR) is 179 cm³/mol. The fourth-order valence-corrected chi connectivity index (χ4v) is 4.13. The molecule has 45 heavy (non-hydrogen) atoms. The third kappa shape index (κ3) is 12.2. The number of unbranched alkanes of at least 4 members (excludes halogenated alkanes) is 6. The first kappa shape index (κ1) is 37.8. The van der Waals surface area contributed by atoms with Crippen molar-refractivity contribution < 1.29 is 43.4 Å². The van der Waals surface area contributed by atoms with Gasteiger partial charge in [0.05, 0.1) is 39.6 Å². The number of ether oxygens (including phenoxy) is 7. The van der Waals surface area contributed by atoms with E-state index < -0.39 is 0 Å². The van der Waals surface area contributed by atoms with Crippen molar-refractivity contribution in [1.82, 2.24) is 0 Å². The minimum absolute atomic E-state index is 0.127. The Morgan fingerprint density at radius 3 is 0.933 bits per heavy atom. The van der Waals surface area contributed by atoms with Gasteiger partial charge in [-0.15, -0.1) is 0 Å². The number of phenolic OH excluding ortho intramolecular Hbond substituents is 2. The molecule has 2 rings (SSSR count). The molecular weight excluding hydrogens is 576 g/mol. The average molecular weight is 635 g/mol. The van der Waals surface area contributed by atoms with Crippen LogP contribution >= 0.6 is 0 Å². The average Bonchev–Trinajstić information content (AvgIpc) is 3.03. The Morgan fingerprint density at radius 2 is 0.644 bits per heavy atom. The Kier molecular flexibility index (Phi) is 18.7. The Balaban J connectivity index is 2.77. The Morgan fingerprint density at radius 1 is 0.378 bits per heavy atom. The molecule has 0 fully saturated rings. The van der Waals surface area contributed by atoms with E-state index in [0.29, 0.717) is 39.6 Å². The lowest BCUT2D eigenvalue weighted by molar-refractivity contribution is 0.226. The molecule has 0 atom stereocenters. The summed E-state index contributed by atoms with van der Waals surface area (Å²) >= 11 is 0. The molecule has 2 N–H and O–H groups in total. The van der Waals surface area contributed by atoms with E-state index in [4.69, 9.17) is 33.2 Å². The molecular formula is C36H58O9. The Hall–Kier alpha value is -3.36. The van der Waals surface area contributed by atoms with Gasteiger partial charge < -0.3 is 43.4 Å². The van der Waals surface area contributed by atoms with E-state index in [-0.39, 0.29) is 57.5 Å². The molecule has 0 aliphatic rings. The highest BCUT2D eigenvalue weighted by molar-refractivity contribution is 5.69. The summed E-state index contributed by atoms with van der Waals surface area (Å²) in [7, 11) is 0. The van der Waals surface area contributed by atoms with Crippen LogP contribution in [0.25, 0.3) is 0 Å². The molecule has 0 saturated heterocycles. The molecule has 0 aliphatic carbocycles. The normalized spacial score (nSPS) is 10.9. The van der Waals surface area contributed by atoms with E-state index in [0.717, 1.165) is 77.0 Å². The SMILES string of the molecule is CCCCOc1cc(Oc2cc(OCCCC)c(O)c(OCCCC)c2OCCCC)c(OCCCC)c(OCCCC)c1O. The first-order valence-corrected chi connectivity index (χ1v) is 17.2. The number of benzene rings is 2. The standard InChI is InChI=1S/C36H58O9/c1-7-13-19-39-27-25-29(33(41-21-15-9-3)35(31(27)37)43-23-17-11-5)45-30-26-28(40-20-14-8-2)32(38)36(44-24-18-12-6)34(30)42-22-16-10-4/h25-26,37-38H,7-24H2,1-6H3. The van der Waals surface area contributed by atoms with Gasteiger partial charge in [0, 0.05) is 12.1 Å². The first-order chi connectivity index (χ1) is 22.0. The van der Waals surface area contributed by atoms with Crippen LogP contribution in [-0.4, -0.2) is 49.9 Å². The summed E-state index contributed by atoms with van der Waals surface area (Å²) in [6.45, 7) is 14.9. The summed E-state index contributed by atoms with van der Waals surface area (Å²) in [6.07, 6.45) is 10.4. The highest BCUT2D eigenvalue weighted by atomic mass is 16.6. The molecule has 256 valence electrons. The van der Waals surface area contributed by atoms with Crippen molar-refractivity contribution in [3.05, 3.63) is 12.1 Å². The van der Waals surface area contributed by atoms with Crippen molar-refractivity contribution >= 4 is 0 Å². The fourth-order valence-electron chi connectivity index (χ4n) is 4.13. The van der Waals surface area contributed by atoms with Gasteiger partial charge in [-0.1, -0.05) is 80.1 Å².